The van der Waals surface area contributed by atoms with Crippen LogP contribution in [0.3, 0.4) is 0 Å². The SMILES string of the molecule is O=C(c1ccccn1)N1CCC(n2c(=O)[nH]c3cc(Cl)ccc32)CC1. The van der Waals surface area contributed by atoms with Gasteiger partial charge in [-0.05, 0) is 43.2 Å². The van der Waals surface area contributed by atoms with Gasteiger partial charge in [-0.2, -0.15) is 0 Å². The van der Waals surface area contributed by atoms with Crippen LogP contribution in [0, 0.1) is 0 Å². The van der Waals surface area contributed by atoms with Gasteiger partial charge < -0.3 is 9.88 Å². The van der Waals surface area contributed by atoms with E-state index >= 15 is 0 Å². The number of rotatable bonds is 2. The molecule has 7 heteroatoms. The number of imidazole rings is 1. The van der Waals surface area contributed by atoms with Gasteiger partial charge in [0, 0.05) is 30.4 Å². The first-order valence-electron chi connectivity index (χ1n) is 8.23. The van der Waals surface area contributed by atoms with Gasteiger partial charge in [0.05, 0.1) is 11.0 Å². The Bertz CT molecular complexity index is 972. The molecule has 1 N–H and O–H groups in total. The summed E-state index contributed by atoms with van der Waals surface area (Å²) in [6.45, 7) is 1.21. The van der Waals surface area contributed by atoms with Crippen LogP contribution in [-0.4, -0.2) is 38.4 Å². The Labute approximate surface area is 149 Å². The fourth-order valence-electron chi connectivity index (χ4n) is 3.44. The van der Waals surface area contributed by atoms with Crippen molar-refractivity contribution in [3.63, 3.8) is 0 Å². The molecule has 6 nitrogen and oxygen atoms in total. The molecule has 2 aromatic heterocycles. The second-order valence-electron chi connectivity index (χ2n) is 6.20. The smallest absolute Gasteiger partial charge is 0.326 e. The zero-order valence-electron chi connectivity index (χ0n) is 13.5. The average molecular weight is 357 g/mol. The van der Waals surface area contributed by atoms with Crippen molar-refractivity contribution in [2.75, 3.05) is 13.1 Å². The number of hydrogen-bond donors (Lipinski definition) is 1. The number of benzene rings is 1. The number of piperidine rings is 1. The van der Waals surface area contributed by atoms with Crippen LogP contribution in [-0.2, 0) is 0 Å². The first-order valence-corrected chi connectivity index (χ1v) is 8.61. The highest BCUT2D eigenvalue weighted by Crippen LogP contribution is 2.26. The molecule has 1 fully saturated rings. The number of nitrogens with zero attached hydrogens (tertiary/aromatic N) is 3. The van der Waals surface area contributed by atoms with Crippen molar-refractivity contribution in [1.29, 1.82) is 0 Å². The van der Waals surface area contributed by atoms with Crippen molar-refractivity contribution in [3.8, 4) is 0 Å². The summed E-state index contributed by atoms with van der Waals surface area (Å²) in [5, 5.41) is 0.594. The summed E-state index contributed by atoms with van der Waals surface area (Å²) >= 11 is 6.00. The van der Waals surface area contributed by atoms with Crippen LogP contribution < -0.4 is 5.69 Å². The van der Waals surface area contributed by atoms with Crippen molar-refractivity contribution in [3.05, 3.63) is 63.8 Å². The second kappa shape index (κ2) is 6.37. The van der Waals surface area contributed by atoms with Crippen LogP contribution in [0.5, 0.6) is 0 Å². The lowest BCUT2D eigenvalue weighted by atomic mass is 10.0. The highest BCUT2D eigenvalue weighted by Gasteiger charge is 2.27. The van der Waals surface area contributed by atoms with Gasteiger partial charge in [0.1, 0.15) is 5.69 Å². The third-order valence-electron chi connectivity index (χ3n) is 4.68. The third-order valence-corrected chi connectivity index (χ3v) is 4.91. The number of likely N-dealkylation sites (tertiary alicyclic amines) is 1. The normalized spacial score (nSPS) is 15.6. The van der Waals surface area contributed by atoms with Crippen molar-refractivity contribution in [2.24, 2.45) is 0 Å². The Hall–Kier alpha value is -2.60. The lowest BCUT2D eigenvalue weighted by Crippen LogP contribution is -2.40. The lowest BCUT2D eigenvalue weighted by Gasteiger charge is -2.32. The molecule has 1 aliphatic rings. The molecule has 1 aliphatic heterocycles. The zero-order chi connectivity index (χ0) is 17.4. The van der Waals surface area contributed by atoms with Gasteiger partial charge in [-0.15, -0.1) is 0 Å². The standard InChI is InChI=1S/C18H17ClN4O2/c19-12-4-5-16-15(11-12)21-18(25)23(16)13-6-9-22(10-7-13)17(24)14-3-1-2-8-20-14/h1-5,8,11,13H,6-7,9-10H2,(H,21,25). The largest absolute Gasteiger partial charge is 0.337 e. The lowest BCUT2D eigenvalue weighted by molar-refractivity contribution is 0.0689. The van der Waals surface area contributed by atoms with E-state index < -0.39 is 0 Å². The molecule has 0 aliphatic carbocycles. The van der Waals surface area contributed by atoms with Crippen LogP contribution in [0.1, 0.15) is 29.4 Å². The predicted octanol–water partition coefficient (Wildman–Crippen LogP) is 2.86. The van der Waals surface area contributed by atoms with Crippen LogP contribution in [0.25, 0.3) is 11.0 Å². The molecule has 0 atom stereocenters. The number of carbonyl (C=O) groups excluding carboxylic acids is 1. The summed E-state index contributed by atoms with van der Waals surface area (Å²) in [6.07, 6.45) is 3.08. The number of fused-ring (bicyclic) bond motifs is 1. The Balaban J connectivity index is 1.54. The number of nitrogens with one attached hydrogen (secondary N) is 1. The maximum absolute atomic E-state index is 12.5. The quantitative estimate of drug-likeness (QED) is 0.767. The molecule has 0 saturated carbocycles. The molecule has 0 spiro atoms. The highest BCUT2D eigenvalue weighted by atomic mass is 35.5. The van der Waals surface area contributed by atoms with Crippen LogP contribution >= 0.6 is 11.6 Å². The van der Waals surface area contributed by atoms with Gasteiger partial charge in [0.2, 0.25) is 0 Å². The molecule has 1 saturated heterocycles. The summed E-state index contributed by atoms with van der Waals surface area (Å²) in [7, 11) is 0. The first-order chi connectivity index (χ1) is 12.1. The number of amides is 1. The first kappa shape index (κ1) is 15.9. The molecule has 1 amide bonds. The molecule has 0 unspecified atom stereocenters. The van der Waals surface area contributed by atoms with E-state index in [1.165, 1.54) is 0 Å². The van der Waals surface area contributed by atoms with E-state index in [2.05, 4.69) is 9.97 Å². The molecule has 0 bridgehead atoms. The van der Waals surface area contributed by atoms with Crippen LogP contribution in [0.15, 0.2) is 47.4 Å². The van der Waals surface area contributed by atoms with Gasteiger partial charge in [0.25, 0.3) is 5.91 Å². The number of hydrogen-bond acceptors (Lipinski definition) is 3. The minimum absolute atomic E-state index is 0.0582. The van der Waals surface area contributed by atoms with Gasteiger partial charge >= 0.3 is 5.69 Å². The van der Waals surface area contributed by atoms with Crippen molar-refractivity contribution >= 4 is 28.5 Å². The molecular weight excluding hydrogens is 340 g/mol. The molecular formula is C18H17ClN4O2. The number of aromatic nitrogens is 3. The molecule has 4 rings (SSSR count). The maximum Gasteiger partial charge on any atom is 0.326 e. The molecule has 1 aromatic carbocycles. The van der Waals surface area contributed by atoms with E-state index in [-0.39, 0.29) is 17.6 Å². The van der Waals surface area contributed by atoms with Crippen molar-refractivity contribution in [2.45, 2.75) is 18.9 Å². The molecule has 25 heavy (non-hydrogen) atoms. The topological polar surface area (TPSA) is 71.0 Å². The van der Waals surface area contributed by atoms with Gasteiger partial charge in [0.15, 0.2) is 0 Å². The van der Waals surface area contributed by atoms with E-state index in [9.17, 15) is 9.59 Å². The number of halogens is 1. The predicted molar refractivity (Wildman–Crippen MR) is 96.0 cm³/mol. The summed E-state index contributed by atoms with van der Waals surface area (Å²) in [5.74, 6) is -0.0582. The fourth-order valence-corrected chi connectivity index (χ4v) is 3.62. The number of H-pyrrole nitrogens is 1. The zero-order valence-corrected chi connectivity index (χ0v) is 14.2. The highest BCUT2D eigenvalue weighted by molar-refractivity contribution is 6.31. The summed E-state index contributed by atoms with van der Waals surface area (Å²) < 4.78 is 1.79. The van der Waals surface area contributed by atoms with Gasteiger partial charge in [-0.25, -0.2) is 4.79 Å². The molecule has 128 valence electrons. The van der Waals surface area contributed by atoms with Gasteiger partial charge in [-0.3, -0.25) is 14.3 Å². The second-order valence-corrected chi connectivity index (χ2v) is 6.64. The summed E-state index contributed by atoms with van der Waals surface area (Å²) in [6, 6.07) is 10.8. The van der Waals surface area contributed by atoms with Crippen molar-refractivity contribution in [1.82, 2.24) is 19.4 Å². The van der Waals surface area contributed by atoms with E-state index in [1.807, 2.05) is 12.1 Å². The fraction of sp³-hybridized carbons (Fsp3) is 0.278. The minimum atomic E-state index is -0.133. The van der Waals surface area contributed by atoms with Crippen LogP contribution in [0.2, 0.25) is 5.02 Å². The monoisotopic (exact) mass is 356 g/mol. The Morgan fingerprint density at radius 2 is 2.00 bits per heavy atom. The Kier molecular flexibility index (Phi) is 4.05. The van der Waals surface area contributed by atoms with E-state index in [0.717, 1.165) is 23.9 Å². The number of carbonyl (C=O) groups is 1. The summed E-state index contributed by atoms with van der Waals surface area (Å²) in [5.41, 5.74) is 1.92. The van der Waals surface area contributed by atoms with E-state index in [1.54, 1.807) is 39.9 Å². The van der Waals surface area contributed by atoms with E-state index in [0.29, 0.717) is 23.8 Å². The molecule has 3 aromatic rings. The average Bonchev–Trinajstić information content (AvgIpc) is 2.97. The van der Waals surface area contributed by atoms with Gasteiger partial charge in [-0.1, -0.05) is 17.7 Å². The number of pyridine rings is 1. The Morgan fingerprint density at radius 1 is 1.20 bits per heavy atom. The molecule has 0 radical (unpaired) electrons. The Morgan fingerprint density at radius 3 is 2.72 bits per heavy atom. The van der Waals surface area contributed by atoms with Crippen LogP contribution in [0.4, 0.5) is 0 Å². The number of aromatic amines is 1. The molecule has 3 heterocycles. The van der Waals surface area contributed by atoms with E-state index in [4.69, 9.17) is 11.6 Å². The minimum Gasteiger partial charge on any atom is -0.337 e. The summed E-state index contributed by atoms with van der Waals surface area (Å²) in [4.78, 5) is 33.6. The third kappa shape index (κ3) is 2.93. The van der Waals surface area contributed by atoms with Crippen molar-refractivity contribution < 1.29 is 4.79 Å². The maximum atomic E-state index is 12.5.